The molecule has 33 heavy (non-hydrogen) atoms. The number of rotatable bonds is 15. The van der Waals surface area contributed by atoms with Crippen molar-refractivity contribution in [2.75, 3.05) is 6.61 Å². The Kier molecular flexibility index (Phi) is 14.0. The van der Waals surface area contributed by atoms with Gasteiger partial charge < -0.3 is 0 Å². The highest BCUT2D eigenvalue weighted by Gasteiger charge is 2.14. The quantitative estimate of drug-likeness (QED) is 0.146. The van der Waals surface area contributed by atoms with Crippen molar-refractivity contribution in [3.63, 3.8) is 0 Å². The van der Waals surface area contributed by atoms with Crippen LogP contribution in [-0.4, -0.2) is 15.0 Å². The normalized spacial score (nSPS) is 13.3. The standard InChI is InChI=1S/C29H44O3S/c1-24(2)12-9-14-26(4)16-11-18-27(5)17-10-15-25(3)13-7-8-23-32-33(30,31)29-21-19-28(6)20-22-29/h12-13,16-17,19-22H,7-11,14-15,18,23H2,1-6H3/b25-13+,26-16+,27-17+. The van der Waals surface area contributed by atoms with Gasteiger partial charge in [0.25, 0.3) is 10.1 Å². The third kappa shape index (κ3) is 14.1. The fourth-order valence-corrected chi connectivity index (χ4v) is 4.30. The molecule has 184 valence electrons. The van der Waals surface area contributed by atoms with Gasteiger partial charge in [-0.05, 0) is 105 Å². The Morgan fingerprint density at radius 2 is 1.18 bits per heavy atom. The van der Waals surface area contributed by atoms with Gasteiger partial charge in [0.2, 0.25) is 0 Å². The zero-order chi connectivity index (χ0) is 24.7. The number of aryl methyl sites for hydroxylation is 1. The van der Waals surface area contributed by atoms with Crippen LogP contribution in [0.15, 0.2) is 75.8 Å². The second-order valence-corrected chi connectivity index (χ2v) is 10.9. The van der Waals surface area contributed by atoms with E-state index in [0.717, 1.165) is 50.5 Å². The zero-order valence-corrected chi connectivity index (χ0v) is 22.4. The molecule has 0 atom stereocenters. The Morgan fingerprint density at radius 3 is 1.67 bits per heavy atom. The zero-order valence-electron chi connectivity index (χ0n) is 21.6. The van der Waals surface area contributed by atoms with E-state index in [0.29, 0.717) is 6.42 Å². The predicted molar refractivity (Wildman–Crippen MR) is 142 cm³/mol. The lowest BCUT2D eigenvalue weighted by atomic mass is 10.0. The number of unbranched alkanes of at least 4 members (excludes halogenated alkanes) is 1. The van der Waals surface area contributed by atoms with Crippen molar-refractivity contribution in [1.29, 1.82) is 0 Å². The van der Waals surface area contributed by atoms with E-state index in [1.807, 2.05) is 6.92 Å². The average Bonchev–Trinajstić information content (AvgIpc) is 2.73. The SMILES string of the molecule is CC(C)=CCC/C(C)=C/CC/C(C)=C/CC/C(C)=C/CCCOS(=O)(=O)c1ccc(C)cc1. The van der Waals surface area contributed by atoms with Crippen LogP contribution in [0.1, 0.15) is 91.5 Å². The molecule has 1 rings (SSSR count). The van der Waals surface area contributed by atoms with Gasteiger partial charge in [-0.25, -0.2) is 0 Å². The lowest BCUT2D eigenvalue weighted by Gasteiger charge is -2.05. The number of hydrogen-bond donors (Lipinski definition) is 0. The van der Waals surface area contributed by atoms with Gasteiger partial charge in [-0.3, -0.25) is 4.18 Å². The number of benzene rings is 1. The summed E-state index contributed by atoms with van der Waals surface area (Å²) < 4.78 is 29.5. The van der Waals surface area contributed by atoms with Crippen LogP contribution < -0.4 is 0 Å². The molecule has 0 aliphatic rings. The fraction of sp³-hybridized carbons (Fsp3) is 0.517. The number of allylic oxidation sites excluding steroid dienone is 8. The summed E-state index contributed by atoms with van der Waals surface area (Å²) in [6.45, 7) is 13.0. The highest BCUT2D eigenvalue weighted by Crippen LogP contribution is 2.16. The van der Waals surface area contributed by atoms with Crippen LogP contribution in [0, 0.1) is 6.92 Å². The molecule has 0 aliphatic carbocycles. The first-order chi connectivity index (χ1) is 15.6. The maximum atomic E-state index is 12.2. The van der Waals surface area contributed by atoms with Gasteiger partial charge in [-0.2, -0.15) is 8.42 Å². The summed E-state index contributed by atoms with van der Waals surface area (Å²) in [4.78, 5) is 0.219. The highest BCUT2D eigenvalue weighted by atomic mass is 32.2. The molecule has 0 fully saturated rings. The molecule has 0 unspecified atom stereocenters. The number of hydrogen-bond acceptors (Lipinski definition) is 3. The van der Waals surface area contributed by atoms with Crippen molar-refractivity contribution in [1.82, 2.24) is 0 Å². The monoisotopic (exact) mass is 472 g/mol. The molecule has 0 aliphatic heterocycles. The van der Waals surface area contributed by atoms with E-state index in [2.05, 4.69) is 58.9 Å². The Bertz CT molecular complexity index is 926. The van der Waals surface area contributed by atoms with Crippen LogP contribution in [0.5, 0.6) is 0 Å². The summed E-state index contributed by atoms with van der Waals surface area (Å²) in [6, 6.07) is 6.74. The first-order valence-electron chi connectivity index (χ1n) is 12.2. The van der Waals surface area contributed by atoms with Crippen molar-refractivity contribution in [2.24, 2.45) is 0 Å². The molecule has 1 aromatic carbocycles. The summed E-state index contributed by atoms with van der Waals surface area (Å²) in [6.07, 6.45) is 17.4. The first-order valence-corrected chi connectivity index (χ1v) is 13.6. The third-order valence-electron chi connectivity index (χ3n) is 5.54. The Balaban J connectivity index is 2.24. The van der Waals surface area contributed by atoms with Crippen LogP contribution in [0.4, 0.5) is 0 Å². The van der Waals surface area contributed by atoms with Gasteiger partial charge in [0.15, 0.2) is 0 Å². The van der Waals surface area contributed by atoms with E-state index >= 15 is 0 Å². The minimum atomic E-state index is -3.66. The molecule has 0 aromatic heterocycles. The van der Waals surface area contributed by atoms with Gasteiger partial charge in [0.05, 0.1) is 11.5 Å². The lowest BCUT2D eigenvalue weighted by molar-refractivity contribution is 0.313. The molecule has 0 spiro atoms. The molecule has 3 nitrogen and oxygen atoms in total. The third-order valence-corrected chi connectivity index (χ3v) is 6.87. The summed E-state index contributed by atoms with van der Waals surface area (Å²) in [5.41, 5.74) is 6.69. The van der Waals surface area contributed by atoms with Crippen molar-refractivity contribution < 1.29 is 12.6 Å². The predicted octanol–water partition coefficient (Wildman–Crippen LogP) is 8.63. The van der Waals surface area contributed by atoms with E-state index in [1.165, 1.54) is 22.3 Å². The Morgan fingerprint density at radius 1 is 0.727 bits per heavy atom. The van der Waals surface area contributed by atoms with Crippen molar-refractivity contribution in [3.8, 4) is 0 Å². The largest absolute Gasteiger partial charge is 0.296 e. The maximum Gasteiger partial charge on any atom is 0.296 e. The summed E-state index contributed by atoms with van der Waals surface area (Å²) >= 11 is 0. The highest BCUT2D eigenvalue weighted by molar-refractivity contribution is 7.86. The van der Waals surface area contributed by atoms with Gasteiger partial charge in [0.1, 0.15) is 0 Å². The molecule has 0 bridgehead atoms. The van der Waals surface area contributed by atoms with E-state index in [9.17, 15) is 8.42 Å². The van der Waals surface area contributed by atoms with E-state index < -0.39 is 10.1 Å². The van der Waals surface area contributed by atoms with E-state index in [-0.39, 0.29) is 11.5 Å². The molecule has 0 saturated carbocycles. The first kappa shape index (κ1) is 29.1. The Labute approximate surface area is 203 Å². The fourth-order valence-electron chi connectivity index (χ4n) is 3.36. The van der Waals surface area contributed by atoms with Gasteiger partial charge in [0, 0.05) is 0 Å². The van der Waals surface area contributed by atoms with Crippen LogP contribution in [-0.2, 0) is 14.3 Å². The average molecular weight is 473 g/mol. The van der Waals surface area contributed by atoms with E-state index in [4.69, 9.17) is 4.18 Å². The minimum absolute atomic E-state index is 0.209. The second kappa shape index (κ2) is 15.8. The molecule has 0 amide bonds. The topological polar surface area (TPSA) is 43.4 Å². The molecule has 1 aromatic rings. The van der Waals surface area contributed by atoms with Crippen LogP contribution >= 0.6 is 0 Å². The molecule has 0 heterocycles. The van der Waals surface area contributed by atoms with E-state index in [1.54, 1.807) is 24.3 Å². The van der Waals surface area contributed by atoms with Gasteiger partial charge in [-0.15, -0.1) is 0 Å². The molecule has 0 N–H and O–H groups in total. The molecule has 0 saturated heterocycles. The van der Waals surface area contributed by atoms with Crippen molar-refractivity contribution in [2.45, 2.75) is 97.8 Å². The van der Waals surface area contributed by atoms with Crippen molar-refractivity contribution >= 4 is 10.1 Å². The summed E-state index contributed by atoms with van der Waals surface area (Å²) in [5.74, 6) is 0. The second-order valence-electron chi connectivity index (χ2n) is 9.28. The molecular weight excluding hydrogens is 428 g/mol. The summed E-state index contributed by atoms with van der Waals surface area (Å²) in [5, 5.41) is 0. The van der Waals surface area contributed by atoms with Crippen LogP contribution in [0.2, 0.25) is 0 Å². The van der Waals surface area contributed by atoms with Gasteiger partial charge in [-0.1, -0.05) is 64.3 Å². The smallest absolute Gasteiger partial charge is 0.266 e. The van der Waals surface area contributed by atoms with Gasteiger partial charge >= 0.3 is 0 Å². The van der Waals surface area contributed by atoms with Crippen molar-refractivity contribution in [3.05, 3.63) is 76.4 Å². The van der Waals surface area contributed by atoms with Crippen LogP contribution in [0.25, 0.3) is 0 Å². The maximum absolute atomic E-state index is 12.2. The molecular formula is C29H44O3S. The minimum Gasteiger partial charge on any atom is -0.266 e. The Hall–Kier alpha value is -1.91. The van der Waals surface area contributed by atoms with Crippen LogP contribution in [0.3, 0.4) is 0 Å². The molecule has 4 heteroatoms. The summed E-state index contributed by atoms with van der Waals surface area (Å²) in [7, 11) is -3.66. The lowest BCUT2D eigenvalue weighted by Crippen LogP contribution is -2.07. The molecule has 0 radical (unpaired) electrons.